The van der Waals surface area contributed by atoms with Gasteiger partial charge in [-0.15, -0.1) is 0 Å². The lowest BCUT2D eigenvalue weighted by Crippen LogP contribution is -2.16. The van der Waals surface area contributed by atoms with Gasteiger partial charge in [0.25, 0.3) is 10.0 Å². The van der Waals surface area contributed by atoms with Gasteiger partial charge < -0.3 is 5.73 Å². The minimum atomic E-state index is -3.81. The van der Waals surface area contributed by atoms with E-state index in [0.717, 1.165) is 5.56 Å². The van der Waals surface area contributed by atoms with E-state index in [-0.39, 0.29) is 16.5 Å². The molecule has 0 fully saturated rings. The van der Waals surface area contributed by atoms with Crippen molar-refractivity contribution < 1.29 is 8.42 Å². The molecule has 0 aliphatic rings. The summed E-state index contributed by atoms with van der Waals surface area (Å²) in [6.45, 7) is 1.84. The number of nitrogen functional groups attached to an aromatic ring is 1. The summed E-state index contributed by atoms with van der Waals surface area (Å²) in [5.74, 6) is 0.169. The lowest BCUT2D eigenvalue weighted by molar-refractivity contribution is 0.601. The topological polar surface area (TPSA) is 98.0 Å². The first-order chi connectivity index (χ1) is 8.88. The van der Waals surface area contributed by atoms with Gasteiger partial charge in [0, 0.05) is 16.9 Å². The van der Waals surface area contributed by atoms with Gasteiger partial charge in [0.05, 0.1) is 0 Å². The smallest absolute Gasteiger partial charge is 0.266 e. The van der Waals surface area contributed by atoms with Crippen LogP contribution in [0.15, 0.2) is 40.0 Å². The molecule has 100 valence electrons. The highest BCUT2D eigenvalue weighted by atomic mass is 79.9. The molecule has 0 unspecified atom stereocenters. The minimum absolute atomic E-state index is 0.0663. The molecule has 0 aromatic carbocycles. The highest BCUT2D eigenvalue weighted by Gasteiger charge is 2.19. The van der Waals surface area contributed by atoms with Gasteiger partial charge in [0.1, 0.15) is 16.5 Å². The molecule has 19 heavy (non-hydrogen) atoms. The van der Waals surface area contributed by atoms with E-state index in [0.29, 0.717) is 4.47 Å². The van der Waals surface area contributed by atoms with E-state index in [4.69, 9.17) is 5.73 Å². The molecule has 8 heteroatoms. The first kappa shape index (κ1) is 13.8. The lowest BCUT2D eigenvalue weighted by atomic mass is 10.3. The third-order valence-corrected chi connectivity index (χ3v) is 4.11. The Morgan fingerprint density at radius 2 is 2.05 bits per heavy atom. The van der Waals surface area contributed by atoms with Gasteiger partial charge in [-0.05, 0) is 46.6 Å². The predicted molar refractivity (Wildman–Crippen MR) is 76.1 cm³/mol. The van der Waals surface area contributed by atoms with E-state index in [1.54, 1.807) is 12.1 Å². The van der Waals surface area contributed by atoms with Crippen molar-refractivity contribution in [1.82, 2.24) is 9.97 Å². The number of aryl methyl sites for hydroxylation is 1. The van der Waals surface area contributed by atoms with E-state index in [2.05, 4.69) is 30.6 Å². The number of anilines is 2. The molecule has 0 amide bonds. The number of nitrogens with two attached hydrogens (primary N) is 1. The van der Waals surface area contributed by atoms with Crippen LogP contribution in [-0.2, 0) is 10.0 Å². The average Bonchev–Trinajstić information content (AvgIpc) is 2.31. The Kier molecular flexibility index (Phi) is 3.72. The highest BCUT2D eigenvalue weighted by Crippen LogP contribution is 2.22. The molecule has 0 aliphatic heterocycles. The second-order valence-electron chi connectivity index (χ2n) is 3.86. The van der Waals surface area contributed by atoms with E-state index in [1.807, 2.05) is 6.92 Å². The number of hydrogen-bond acceptors (Lipinski definition) is 5. The molecular weight excluding hydrogens is 332 g/mol. The summed E-state index contributed by atoms with van der Waals surface area (Å²) < 4.78 is 27.3. The fraction of sp³-hybridized carbons (Fsp3) is 0.0909. The zero-order valence-corrected chi connectivity index (χ0v) is 12.4. The summed E-state index contributed by atoms with van der Waals surface area (Å²) in [5.41, 5.74) is 6.48. The Morgan fingerprint density at radius 1 is 1.32 bits per heavy atom. The first-order valence-electron chi connectivity index (χ1n) is 5.25. The normalized spacial score (nSPS) is 11.3. The van der Waals surface area contributed by atoms with Crippen LogP contribution in [0.25, 0.3) is 0 Å². The molecule has 2 aromatic rings. The Morgan fingerprint density at radius 3 is 2.74 bits per heavy atom. The Bertz CT molecular complexity index is 718. The van der Waals surface area contributed by atoms with Gasteiger partial charge in [-0.2, -0.15) is 0 Å². The first-order valence-corrected chi connectivity index (χ1v) is 7.52. The zero-order valence-electron chi connectivity index (χ0n) is 9.96. The van der Waals surface area contributed by atoms with Gasteiger partial charge in [-0.1, -0.05) is 0 Å². The summed E-state index contributed by atoms with van der Waals surface area (Å²) in [7, 11) is -3.81. The van der Waals surface area contributed by atoms with Crippen LogP contribution < -0.4 is 10.5 Å². The molecule has 6 nitrogen and oxygen atoms in total. The van der Waals surface area contributed by atoms with E-state index >= 15 is 0 Å². The highest BCUT2D eigenvalue weighted by molar-refractivity contribution is 9.10. The number of halogens is 1. The largest absolute Gasteiger partial charge is 0.383 e. The number of nitrogens with one attached hydrogen (secondary N) is 1. The van der Waals surface area contributed by atoms with Gasteiger partial charge in [-0.25, -0.2) is 18.4 Å². The monoisotopic (exact) mass is 342 g/mol. The Hall–Kier alpha value is -1.67. The summed E-state index contributed by atoms with van der Waals surface area (Å²) in [5, 5.41) is 0. The van der Waals surface area contributed by atoms with Crippen LogP contribution in [0.5, 0.6) is 0 Å². The number of rotatable bonds is 3. The Labute approximate surface area is 119 Å². The molecular formula is C11H11BrN4O2S. The molecule has 0 saturated heterocycles. The van der Waals surface area contributed by atoms with Crippen LogP contribution in [-0.4, -0.2) is 18.4 Å². The second-order valence-corrected chi connectivity index (χ2v) is 6.43. The fourth-order valence-corrected chi connectivity index (χ4v) is 3.02. The van der Waals surface area contributed by atoms with Crippen LogP contribution in [0.1, 0.15) is 5.56 Å². The summed E-state index contributed by atoms with van der Waals surface area (Å²) in [6, 6.07) is 4.78. The molecule has 2 rings (SSSR count). The molecule has 0 atom stereocenters. The number of nitrogens with zero attached hydrogens (tertiary/aromatic N) is 2. The van der Waals surface area contributed by atoms with Crippen molar-refractivity contribution in [3.05, 3.63) is 40.6 Å². The van der Waals surface area contributed by atoms with Gasteiger partial charge >= 0.3 is 0 Å². The minimum Gasteiger partial charge on any atom is -0.383 e. The standard InChI is InChI=1S/C11H11BrN4O2S/c1-7-2-3-14-10(4-7)16-19(17,18)9-5-8(12)6-15-11(9)13/h2-6H,1H3,(H2,13,15)(H,14,16). The van der Waals surface area contributed by atoms with Crippen LogP contribution in [0.4, 0.5) is 11.6 Å². The molecule has 0 aliphatic carbocycles. The van der Waals surface area contributed by atoms with Crippen molar-refractivity contribution in [2.45, 2.75) is 11.8 Å². The molecule has 0 saturated carbocycles. The molecule has 2 aromatic heterocycles. The quantitative estimate of drug-likeness (QED) is 0.887. The molecule has 3 N–H and O–H groups in total. The van der Waals surface area contributed by atoms with Crippen molar-refractivity contribution in [3.63, 3.8) is 0 Å². The van der Waals surface area contributed by atoms with Crippen LogP contribution in [0, 0.1) is 6.92 Å². The Balaban J connectivity index is 2.40. The van der Waals surface area contributed by atoms with E-state index in [9.17, 15) is 8.42 Å². The summed E-state index contributed by atoms with van der Waals surface area (Å²) in [4.78, 5) is 7.64. The van der Waals surface area contributed by atoms with Crippen molar-refractivity contribution >= 4 is 37.6 Å². The molecule has 0 bridgehead atoms. The van der Waals surface area contributed by atoms with Crippen molar-refractivity contribution in [2.75, 3.05) is 10.5 Å². The van der Waals surface area contributed by atoms with Crippen molar-refractivity contribution in [3.8, 4) is 0 Å². The number of sulfonamides is 1. The number of aromatic nitrogens is 2. The van der Waals surface area contributed by atoms with E-state index in [1.165, 1.54) is 18.5 Å². The maximum Gasteiger partial charge on any atom is 0.266 e. The van der Waals surface area contributed by atoms with Crippen LogP contribution >= 0.6 is 15.9 Å². The molecule has 2 heterocycles. The maximum absolute atomic E-state index is 12.2. The van der Waals surface area contributed by atoms with Crippen molar-refractivity contribution in [1.29, 1.82) is 0 Å². The molecule has 0 spiro atoms. The average molecular weight is 343 g/mol. The van der Waals surface area contributed by atoms with Gasteiger partial charge in [0.15, 0.2) is 0 Å². The zero-order chi connectivity index (χ0) is 14.0. The van der Waals surface area contributed by atoms with Crippen LogP contribution in [0.3, 0.4) is 0 Å². The van der Waals surface area contributed by atoms with E-state index < -0.39 is 10.0 Å². The predicted octanol–water partition coefficient (Wildman–Crippen LogP) is 1.93. The van der Waals surface area contributed by atoms with Crippen molar-refractivity contribution in [2.24, 2.45) is 0 Å². The summed E-state index contributed by atoms with van der Waals surface area (Å²) >= 11 is 3.16. The van der Waals surface area contributed by atoms with Gasteiger partial charge in [0.2, 0.25) is 0 Å². The lowest BCUT2D eigenvalue weighted by Gasteiger charge is -2.09. The maximum atomic E-state index is 12.2. The number of pyridine rings is 2. The molecule has 0 radical (unpaired) electrons. The number of hydrogen-bond donors (Lipinski definition) is 2. The fourth-order valence-electron chi connectivity index (χ4n) is 1.43. The third kappa shape index (κ3) is 3.21. The second kappa shape index (κ2) is 5.14. The summed E-state index contributed by atoms with van der Waals surface area (Å²) in [6.07, 6.45) is 2.95. The third-order valence-electron chi connectivity index (χ3n) is 2.29. The SMILES string of the molecule is Cc1ccnc(NS(=O)(=O)c2cc(Br)cnc2N)c1. The van der Waals surface area contributed by atoms with Crippen LogP contribution in [0.2, 0.25) is 0 Å². The van der Waals surface area contributed by atoms with Gasteiger partial charge in [-0.3, -0.25) is 4.72 Å².